The van der Waals surface area contributed by atoms with Crippen LogP contribution in [0.1, 0.15) is 24.3 Å². The minimum Gasteiger partial charge on any atom is -0.350 e. The maximum absolute atomic E-state index is 11.8. The number of aromatic nitrogens is 1. The molecule has 19 heavy (non-hydrogen) atoms. The van der Waals surface area contributed by atoms with Gasteiger partial charge in [0.1, 0.15) is 5.69 Å². The highest BCUT2D eigenvalue weighted by atomic mass is 16.6. The van der Waals surface area contributed by atoms with Crippen molar-refractivity contribution >= 4 is 16.8 Å². The fraction of sp³-hybridized carbons (Fsp3) is 0.286. The summed E-state index contributed by atoms with van der Waals surface area (Å²) >= 11 is 0. The smallest absolute Gasteiger partial charge is 0.291 e. The van der Waals surface area contributed by atoms with Crippen LogP contribution in [0.5, 0.6) is 0 Å². The van der Waals surface area contributed by atoms with Crippen LogP contribution < -0.4 is 10.9 Å². The summed E-state index contributed by atoms with van der Waals surface area (Å²) in [6.07, 6.45) is 0. The molecule has 2 N–H and O–H groups in total. The Labute approximate surface area is 110 Å². The fourth-order valence-corrected chi connectivity index (χ4v) is 1.65. The van der Waals surface area contributed by atoms with Gasteiger partial charge in [-0.25, -0.2) is 5.48 Å². The normalized spacial score (nSPS) is 10.9. The number of H-pyrrole nitrogens is 1. The first-order valence-corrected chi connectivity index (χ1v) is 6.12. The van der Waals surface area contributed by atoms with Gasteiger partial charge in [-0.1, -0.05) is 26.0 Å². The second-order valence-electron chi connectivity index (χ2n) is 4.73. The molecule has 0 saturated carbocycles. The lowest BCUT2D eigenvalue weighted by Crippen LogP contribution is -2.27. The quantitative estimate of drug-likeness (QED) is 0.824. The molecular weight excluding hydrogens is 244 g/mol. The third-order valence-corrected chi connectivity index (χ3v) is 2.56. The van der Waals surface area contributed by atoms with Crippen LogP contribution in [0.15, 0.2) is 35.1 Å². The number of fused-ring (bicyclic) bond motifs is 1. The number of carbonyl (C=O) groups is 1. The van der Waals surface area contributed by atoms with Gasteiger partial charge < -0.3 is 4.98 Å². The van der Waals surface area contributed by atoms with Crippen LogP contribution in [-0.4, -0.2) is 17.5 Å². The van der Waals surface area contributed by atoms with Crippen LogP contribution in [-0.2, 0) is 4.84 Å². The molecule has 2 rings (SSSR count). The molecule has 0 aliphatic carbocycles. The van der Waals surface area contributed by atoms with Gasteiger partial charge in [-0.15, -0.1) is 0 Å². The summed E-state index contributed by atoms with van der Waals surface area (Å²) in [5, 5.41) is 0.558. The van der Waals surface area contributed by atoms with Crippen LogP contribution >= 0.6 is 0 Å². The Morgan fingerprint density at radius 3 is 2.84 bits per heavy atom. The molecule has 0 atom stereocenters. The molecule has 5 heteroatoms. The van der Waals surface area contributed by atoms with Crippen molar-refractivity contribution < 1.29 is 9.63 Å². The van der Waals surface area contributed by atoms with E-state index in [1.165, 1.54) is 6.07 Å². The van der Waals surface area contributed by atoms with E-state index >= 15 is 0 Å². The highest BCUT2D eigenvalue weighted by Gasteiger charge is 2.09. The van der Waals surface area contributed by atoms with Crippen LogP contribution in [0.2, 0.25) is 0 Å². The number of hydroxylamine groups is 1. The summed E-state index contributed by atoms with van der Waals surface area (Å²) in [5.74, 6) is -0.139. The highest BCUT2D eigenvalue weighted by molar-refractivity contribution is 5.94. The van der Waals surface area contributed by atoms with Gasteiger partial charge in [-0.3, -0.25) is 14.4 Å². The van der Waals surface area contributed by atoms with Gasteiger partial charge in [0, 0.05) is 17.0 Å². The number of hydrogen-bond donors (Lipinski definition) is 2. The zero-order valence-corrected chi connectivity index (χ0v) is 10.9. The summed E-state index contributed by atoms with van der Waals surface area (Å²) < 4.78 is 0. The highest BCUT2D eigenvalue weighted by Crippen LogP contribution is 2.07. The molecule has 0 aliphatic rings. The molecule has 1 aromatic heterocycles. The Balaban J connectivity index is 2.21. The Morgan fingerprint density at radius 1 is 1.37 bits per heavy atom. The average Bonchev–Trinajstić information content (AvgIpc) is 2.38. The summed E-state index contributed by atoms with van der Waals surface area (Å²) in [6, 6.07) is 8.32. The molecule has 100 valence electrons. The third-order valence-electron chi connectivity index (χ3n) is 2.56. The SMILES string of the molecule is CC(C)CONC(=O)c1cc(=O)c2ccccc2[nH]1. The van der Waals surface area contributed by atoms with E-state index in [2.05, 4.69) is 10.5 Å². The van der Waals surface area contributed by atoms with Crippen LogP contribution in [0, 0.1) is 5.92 Å². The van der Waals surface area contributed by atoms with Crippen molar-refractivity contribution in [2.45, 2.75) is 13.8 Å². The van der Waals surface area contributed by atoms with Crippen LogP contribution in [0.25, 0.3) is 10.9 Å². The first-order valence-electron chi connectivity index (χ1n) is 6.12. The van der Waals surface area contributed by atoms with Crippen LogP contribution in [0.3, 0.4) is 0 Å². The van der Waals surface area contributed by atoms with Crippen molar-refractivity contribution in [3.8, 4) is 0 Å². The number of carbonyl (C=O) groups excluding carboxylic acids is 1. The zero-order chi connectivity index (χ0) is 13.8. The van der Waals surface area contributed by atoms with E-state index in [-0.39, 0.29) is 11.1 Å². The Hall–Kier alpha value is -2.14. The second-order valence-corrected chi connectivity index (χ2v) is 4.73. The summed E-state index contributed by atoms with van der Waals surface area (Å²) in [6.45, 7) is 4.37. The van der Waals surface area contributed by atoms with Crippen molar-refractivity contribution in [2.24, 2.45) is 5.92 Å². The number of hydrogen-bond acceptors (Lipinski definition) is 3. The number of benzene rings is 1. The molecule has 1 heterocycles. The van der Waals surface area contributed by atoms with Crippen molar-refractivity contribution in [2.75, 3.05) is 6.61 Å². The van der Waals surface area contributed by atoms with E-state index in [9.17, 15) is 9.59 Å². The van der Waals surface area contributed by atoms with Crippen molar-refractivity contribution in [1.82, 2.24) is 10.5 Å². The lowest BCUT2D eigenvalue weighted by molar-refractivity contribution is 0.0205. The molecule has 1 aromatic carbocycles. The van der Waals surface area contributed by atoms with E-state index in [0.717, 1.165) is 0 Å². The first-order chi connectivity index (χ1) is 9.08. The molecule has 2 aromatic rings. The molecule has 0 fully saturated rings. The largest absolute Gasteiger partial charge is 0.350 e. The monoisotopic (exact) mass is 260 g/mol. The van der Waals surface area contributed by atoms with E-state index in [1.54, 1.807) is 24.3 Å². The first kappa shape index (κ1) is 13.3. The molecule has 0 spiro atoms. The minimum absolute atomic E-state index is 0.187. The number of pyridine rings is 1. The van der Waals surface area contributed by atoms with E-state index < -0.39 is 5.91 Å². The lowest BCUT2D eigenvalue weighted by Gasteiger charge is -2.08. The fourth-order valence-electron chi connectivity index (χ4n) is 1.65. The Bertz CT molecular complexity index is 646. The summed E-state index contributed by atoms with van der Waals surface area (Å²) in [5.41, 5.74) is 2.94. The third kappa shape index (κ3) is 3.20. The molecule has 5 nitrogen and oxygen atoms in total. The number of aromatic amines is 1. The average molecular weight is 260 g/mol. The predicted molar refractivity (Wildman–Crippen MR) is 72.8 cm³/mol. The van der Waals surface area contributed by atoms with E-state index in [0.29, 0.717) is 23.4 Å². The molecule has 0 radical (unpaired) electrons. The molecular formula is C14H16N2O3. The van der Waals surface area contributed by atoms with Gasteiger partial charge in [-0.2, -0.15) is 0 Å². The molecule has 1 amide bonds. The Morgan fingerprint density at radius 2 is 2.11 bits per heavy atom. The van der Waals surface area contributed by atoms with Gasteiger partial charge in [0.05, 0.1) is 6.61 Å². The number of amides is 1. The topological polar surface area (TPSA) is 71.2 Å². The van der Waals surface area contributed by atoms with E-state index in [1.807, 2.05) is 13.8 Å². The van der Waals surface area contributed by atoms with Gasteiger partial charge >= 0.3 is 0 Å². The van der Waals surface area contributed by atoms with Crippen molar-refractivity contribution in [3.05, 3.63) is 46.2 Å². The molecule has 0 saturated heterocycles. The minimum atomic E-state index is -0.455. The maximum Gasteiger partial charge on any atom is 0.291 e. The van der Waals surface area contributed by atoms with Crippen molar-refractivity contribution in [1.29, 1.82) is 0 Å². The standard InChI is InChI=1S/C14H16N2O3/c1-9(2)8-19-16-14(18)12-7-13(17)10-5-3-4-6-11(10)15-12/h3-7,9H,8H2,1-2H3,(H,15,17)(H,16,18). The van der Waals surface area contributed by atoms with E-state index in [4.69, 9.17) is 4.84 Å². The number of nitrogens with one attached hydrogen (secondary N) is 2. The maximum atomic E-state index is 11.8. The molecule has 0 aliphatic heterocycles. The summed E-state index contributed by atoms with van der Waals surface area (Å²) in [7, 11) is 0. The second kappa shape index (κ2) is 5.67. The van der Waals surface area contributed by atoms with Gasteiger partial charge in [0.2, 0.25) is 0 Å². The van der Waals surface area contributed by atoms with Gasteiger partial charge in [0.25, 0.3) is 5.91 Å². The van der Waals surface area contributed by atoms with Gasteiger partial charge in [0.15, 0.2) is 5.43 Å². The number of para-hydroxylation sites is 1. The van der Waals surface area contributed by atoms with Crippen molar-refractivity contribution in [3.63, 3.8) is 0 Å². The zero-order valence-electron chi connectivity index (χ0n) is 10.9. The number of rotatable bonds is 4. The molecule has 0 bridgehead atoms. The predicted octanol–water partition coefficient (Wildman–Crippen LogP) is 1.85. The lowest BCUT2D eigenvalue weighted by atomic mass is 10.2. The Kier molecular flexibility index (Phi) is 3.97. The van der Waals surface area contributed by atoms with Gasteiger partial charge in [-0.05, 0) is 18.1 Å². The van der Waals surface area contributed by atoms with Crippen LogP contribution in [0.4, 0.5) is 0 Å². The summed E-state index contributed by atoms with van der Waals surface area (Å²) in [4.78, 5) is 31.6. The molecule has 0 unspecified atom stereocenters.